The predicted molar refractivity (Wildman–Crippen MR) is 104 cm³/mol. The van der Waals surface area contributed by atoms with Crippen molar-refractivity contribution in [2.45, 2.75) is 58.2 Å². The Kier molecular flexibility index (Phi) is 6.85. The molecule has 1 saturated carbocycles. The van der Waals surface area contributed by atoms with Crippen LogP contribution in [0.1, 0.15) is 49.6 Å². The van der Waals surface area contributed by atoms with E-state index in [1.807, 2.05) is 0 Å². The van der Waals surface area contributed by atoms with Crippen LogP contribution >= 0.6 is 0 Å². The number of rotatable bonds is 7. The third kappa shape index (κ3) is 5.62. The third-order valence-electron chi connectivity index (χ3n) is 5.63. The van der Waals surface area contributed by atoms with Gasteiger partial charge >= 0.3 is 12.1 Å². The van der Waals surface area contributed by atoms with Crippen LogP contribution < -0.4 is 0 Å². The molecular weight excluding hydrogens is 399 g/mol. The summed E-state index contributed by atoms with van der Waals surface area (Å²) in [5, 5.41) is 8.94. The average Bonchev–Trinajstić information content (AvgIpc) is 3.06. The number of aryl methyl sites for hydroxylation is 1. The second-order valence-electron chi connectivity index (χ2n) is 8.02. The molecule has 0 radical (unpaired) electrons. The van der Waals surface area contributed by atoms with Crippen LogP contribution in [0, 0.1) is 18.8 Å². The van der Waals surface area contributed by atoms with Gasteiger partial charge in [-0.15, -0.1) is 0 Å². The molecule has 0 saturated heterocycles. The van der Waals surface area contributed by atoms with Gasteiger partial charge in [0.1, 0.15) is 5.76 Å². The molecule has 3 rings (SSSR count). The number of alkyl halides is 3. The van der Waals surface area contributed by atoms with Gasteiger partial charge in [0, 0.05) is 5.56 Å². The molecule has 1 aliphatic rings. The van der Waals surface area contributed by atoms with Crippen LogP contribution in [0.3, 0.4) is 0 Å². The van der Waals surface area contributed by atoms with Gasteiger partial charge in [0.15, 0.2) is 6.10 Å². The van der Waals surface area contributed by atoms with E-state index in [4.69, 9.17) is 14.3 Å². The molecule has 5 nitrogen and oxygen atoms in total. The molecule has 0 bridgehead atoms. The predicted octanol–water partition coefficient (Wildman–Crippen LogP) is 5.51. The van der Waals surface area contributed by atoms with Gasteiger partial charge in [0.25, 0.3) is 0 Å². The SMILES string of the molecule is Cc1oc(-c2cccc(C(F)(F)F)c2)nc1CC1CCCC(COC(C)C(=O)O)C1. The molecule has 1 aliphatic carbocycles. The molecule has 3 unspecified atom stereocenters. The van der Waals surface area contributed by atoms with Crippen molar-refractivity contribution in [2.75, 3.05) is 6.61 Å². The van der Waals surface area contributed by atoms with Crippen molar-refractivity contribution < 1.29 is 32.2 Å². The van der Waals surface area contributed by atoms with E-state index in [1.54, 1.807) is 13.0 Å². The summed E-state index contributed by atoms with van der Waals surface area (Å²) < 4.78 is 50.0. The Balaban J connectivity index is 1.65. The number of carboxylic acid groups (broad SMARTS) is 1. The fourth-order valence-electron chi connectivity index (χ4n) is 3.93. The van der Waals surface area contributed by atoms with Gasteiger partial charge in [0.05, 0.1) is 17.9 Å². The third-order valence-corrected chi connectivity index (χ3v) is 5.63. The Labute approximate surface area is 173 Å². The lowest BCUT2D eigenvalue weighted by Crippen LogP contribution is -2.26. The van der Waals surface area contributed by atoms with Crippen LogP contribution in [0.4, 0.5) is 13.2 Å². The molecule has 1 aromatic heterocycles. The molecule has 3 atom stereocenters. The number of benzene rings is 1. The monoisotopic (exact) mass is 425 g/mol. The zero-order valence-corrected chi connectivity index (χ0v) is 17.0. The van der Waals surface area contributed by atoms with Crippen molar-refractivity contribution in [3.63, 3.8) is 0 Å². The summed E-state index contributed by atoms with van der Waals surface area (Å²) in [5.74, 6) is 0.480. The smallest absolute Gasteiger partial charge is 0.416 e. The van der Waals surface area contributed by atoms with Crippen molar-refractivity contribution in [1.29, 1.82) is 0 Å². The molecule has 164 valence electrons. The maximum Gasteiger partial charge on any atom is 0.416 e. The maximum absolute atomic E-state index is 13.0. The van der Waals surface area contributed by atoms with Crippen molar-refractivity contribution in [1.82, 2.24) is 4.98 Å². The highest BCUT2D eigenvalue weighted by molar-refractivity contribution is 5.71. The van der Waals surface area contributed by atoms with Gasteiger partial charge in [-0.3, -0.25) is 0 Å². The van der Waals surface area contributed by atoms with Gasteiger partial charge in [-0.1, -0.05) is 18.9 Å². The standard InChI is InChI=1S/C22H26F3NO4/c1-13-19(10-15-5-3-6-16(9-15)12-29-14(2)21(27)28)26-20(30-13)17-7-4-8-18(11-17)22(23,24)25/h4,7-8,11,14-16H,3,5-6,9-10,12H2,1-2H3,(H,27,28). The van der Waals surface area contributed by atoms with Crippen LogP contribution in [0.15, 0.2) is 28.7 Å². The molecule has 8 heteroatoms. The first kappa shape index (κ1) is 22.3. The minimum Gasteiger partial charge on any atom is -0.479 e. The molecule has 2 aromatic rings. The number of oxazole rings is 1. The number of hydrogen-bond donors (Lipinski definition) is 1. The van der Waals surface area contributed by atoms with E-state index in [-0.39, 0.29) is 5.89 Å². The Morgan fingerprint density at radius 3 is 2.77 bits per heavy atom. The van der Waals surface area contributed by atoms with E-state index in [0.717, 1.165) is 43.5 Å². The highest BCUT2D eigenvalue weighted by Gasteiger charge is 2.31. The Bertz CT molecular complexity index is 878. The van der Waals surface area contributed by atoms with E-state index in [2.05, 4.69) is 4.98 Å². The zero-order valence-electron chi connectivity index (χ0n) is 17.0. The zero-order chi connectivity index (χ0) is 21.9. The van der Waals surface area contributed by atoms with E-state index < -0.39 is 23.8 Å². The van der Waals surface area contributed by atoms with Crippen LogP contribution in [0.5, 0.6) is 0 Å². The fourth-order valence-corrected chi connectivity index (χ4v) is 3.93. The summed E-state index contributed by atoms with van der Waals surface area (Å²) >= 11 is 0. The fraction of sp³-hybridized carbons (Fsp3) is 0.545. The normalized spacial score (nSPS) is 20.8. The number of halogens is 3. The molecule has 1 aromatic carbocycles. The van der Waals surface area contributed by atoms with Crippen LogP contribution in [0.2, 0.25) is 0 Å². The molecule has 30 heavy (non-hydrogen) atoms. The molecule has 0 spiro atoms. The summed E-state index contributed by atoms with van der Waals surface area (Å²) in [5.41, 5.74) is 0.327. The molecule has 1 N–H and O–H groups in total. The minimum absolute atomic E-state index is 0.194. The number of aliphatic carboxylic acids is 1. The summed E-state index contributed by atoms with van der Waals surface area (Å²) in [6.07, 6.45) is -0.614. The van der Waals surface area contributed by atoms with Crippen LogP contribution in [0.25, 0.3) is 11.5 Å². The lowest BCUT2D eigenvalue weighted by molar-refractivity contribution is -0.150. The lowest BCUT2D eigenvalue weighted by atomic mass is 9.79. The van der Waals surface area contributed by atoms with Crippen molar-refractivity contribution in [3.05, 3.63) is 41.3 Å². The minimum atomic E-state index is -4.42. The number of nitrogens with zero attached hydrogens (tertiary/aromatic N) is 1. The van der Waals surface area contributed by atoms with Crippen molar-refractivity contribution in [2.24, 2.45) is 11.8 Å². The molecule has 1 fully saturated rings. The largest absolute Gasteiger partial charge is 0.479 e. The summed E-state index contributed by atoms with van der Waals surface area (Å²) in [7, 11) is 0. The first-order chi connectivity index (χ1) is 14.1. The number of aromatic nitrogens is 1. The van der Waals surface area contributed by atoms with E-state index in [0.29, 0.717) is 36.2 Å². The van der Waals surface area contributed by atoms with E-state index >= 15 is 0 Å². The highest BCUT2D eigenvalue weighted by Crippen LogP contribution is 2.35. The van der Waals surface area contributed by atoms with Crippen LogP contribution in [-0.4, -0.2) is 28.8 Å². The lowest BCUT2D eigenvalue weighted by Gasteiger charge is -2.29. The van der Waals surface area contributed by atoms with Gasteiger partial charge in [-0.05, 0) is 63.1 Å². The molecular formula is C22H26F3NO4. The second-order valence-corrected chi connectivity index (χ2v) is 8.02. The Hall–Kier alpha value is -2.35. The van der Waals surface area contributed by atoms with Crippen molar-refractivity contribution in [3.8, 4) is 11.5 Å². The first-order valence-electron chi connectivity index (χ1n) is 10.1. The average molecular weight is 425 g/mol. The van der Waals surface area contributed by atoms with E-state index in [9.17, 15) is 18.0 Å². The Morgan fingerprint density at radius 1 is 1.33 bits per heavy atom. The van der Waals surface area contributed by atoms with Crippen molar-refractivity contribution >= 4 is 5.97 Å². The van der Waals surface area contributed by atoms with E-state index in [1.165, 1.54) is 13.0 Å². The van der Waals surface area contributed by atoms with Gasteiger partial charge in [0.2, 0.25) is 5.89 Å². The first-order valence-corrected chi connectivity index (χ1v) is 10.1. The maximum atomic E-state index is 13.0. The van der Waals surface area contributed by atoms with Gasteiger partial charge < -0.3 is 14.3 Å². The summed E-state index contributed by atoms with van der Waals surface area (Å²) in [4.78, 5) is 15.4. The van der Waals surface area contributed by atoms with Crippen LogP contribution in [-0.2, 0) is 22.1 Å². The van der Waals surface area contributed by atoms with Gasteiger partial charge in [-0.25, -0.2) is 9.78 Å². The number of hydrogen-bond acceptors (Lipinski definition) is 4. The quantitative estimate of drug-likeness (QED) is 0.634. The number of carbonyl (C=O) groups is 1. The Morgan fingerprint density at radius 2 is 2.07 bits per heavy atom. The highest BCUT2D eigenvalue weighted by atomic mass is 19.4. The number of carboxylic acids is 1. The summed E-state index contributed by atoms with van der Waals surface area (Å²) in [6, 6.07) is 4.98. The topological polar surface area (TPSA) is 72.6 Å². The molecule has 1 heterocycles. The van der Waals surface area contributed by atoms with Gasteiger partial charge in [-0.2, -0.15) is 13.2 Å². The molecule has 0 aliphatic heterocycles. The second kappa shape index (κ2) is 9.20. The summed E-state index contributed by atoms with van der Waals surface area (Å²) in [6.45, 7) is 3.71. The molecule has 0 amide bonds. The number of ether oxygens (including phenoxy) is 1.